The Balaban J connectivity index is 2.24. The molecular weight excluding hydrogens is 530 g/mol. The summed E-state index contributed by atoms with van der Waals surface area (Å²) in [6.07, 6.45) is 11.7. The standard InChI is InChI=1S/C21H29Si.2ClH.Hf/c1-14(2)19-18(22(4)5)12-8-11-17-13-15(3)20(21(17)19)16-9-6-7-10-16;;;/h6-7,9,13-14,19H,8,10-12H2,1-5H3;2*1H;/q;;;+2/p-2. The molecule has 0 saturated carbocycles. The van der Waals surface area contributed by atoms with Crippen LogP contribution in [0.15, 0.2) is 46.1 Å². The van der Waals surface area contributed by atoms with Gasteiger partial charge in [0.05, 0.1) is 0 Å². The van der Waals surface area contributed by atoms with E-state index in [9.17, 15) is 0 Å². The molecular formula is C21H29Cl2HfSi. The maximum absolute atomic E-state index is 6.72. The van der Waals surface area contributed by atoms with Crippen molar-refractivity contribution in [3.05, 3.63) is 46.1 Å². The fourth-order valence-corrected chi connectivity index (χ4v) is 15.3. The van der Waals surface area contributed by atoms with E-state index < -0.39 is 27.5 Å². The minimum absolute atomic E-state index is 0.413. The molecule has 0 spiro atoms. The van der Waals surface area contributed by atoms with Crippen LogP contribution in [0.3, 0.4) is 0 Å². The van der Waals surface area contributed by atoms with Crippen molar-refractivity contribution < 1.29 is 19.1 Å². The van der Waals surface area contributed by atoms with Crippen molar-refractivity contribution in [2.24, 2.45) is 11.8 Å². The summed E-state index contributed by atoms with van der Waals surface area (Å²) in [5.74, 6) is 1.26. The minimum atomic E-state index is -2.57. The average molecular weight is 559 g/mol. The summed E-state index contributed by atoms with van der Waals surface area (Å²) in [5.41, 5.74) is 7.86. The molecule has 3 aliphatic rings. The van der Waals surface area contributed by atoms with Crippen molar-refractivity contribution in [3.8, 4) is 0 Å². The predicted octanol–water partition coefficient (Wildman–Crippen LogP) is 7.18. The Kier molecular flexibility index (Phi) is 6.68. The first-order chi connectivity index (χ1) is 11.8. The molecule has 0 aromatic carbocycles. The molecule has 4 heteroatoms. The van der Waals surface area contributed by atoms with Gasteiger partial charge in [0.1, 0.15) is 0 Å². The second-order valence-corrected chi connectivity index (χ2v) is 23.2. The molecule has 2 unspecified atom stereocenters. The summed E-state index contributed by atoms with van der Waals surface area (Å²) in [6, 6.07) is 0. The molecule has 0 fully saturated rings. The molecule has 0 saturated heterocycles. The zero-order valence-electron chi connectivity index (χ0n) is 16.0. The summed E-state index contributed by atoms with van der Waals surface area (Å²) in [5, 5.41) is 1.85. The van der Waals surface area contributed by atoms with E-state index in [1.807, 2.05) is 5.17 Å². The summed E-state index contributed by atoms with van der Waals surface area (Å²) < 4.78 is 0.421. The fraction of sp³-hybridized carbons (Fsp3) is 0.571. The Hall–Kier alpha value is 0.497. The SMILES string of the molecule is CC1=C(C2=CC=CC2)C2=C(CCCC(=[Si](C)C)C2C(C)C)[CH]1[Hf]([Cl])[Cl]. The second-order valence-electron chi connectivity index (χ2n) is 8.14. The second kappa shape index (κ2) is 8.25. The van der Waals surface area contributed by atoms with Crippen molar-refractivity contribution in [2.75, 3.05) is 0 Å². The average Bonchev–Trinajstić information content (AvgIpc) is 3.07. The van der Waals surface area contributed by atoms with E-state index in [4.69, 9.17) is 17.2 Å². The molecule has 2 atom stereocenters. The van der Waals surface area contributed by atoms with Gasteiger partial charge in [-0.2, -0.15) is 0 Å². The van der Waals surface area contributed by atoms with Gasteiger partial charge in [0, 0.05) is 0 Å². The van der Waals surface area contributed by atoms with Gasteiger partial charge < -0.3 is 0 Å². The molecule has 0 aromatic heterocycles. The van der Waals surface area contributed by atoms with E-state index >= 15 is 0 Å². The molecule has 25 heavy (non-hydrogen) atoms. The normalized spacial score (nSPS) is 26.4. The number of halogens is 2. The van der Waals surface area contributed by atoms with Gasteiger partial charge in [0.15, 0.2) is 0 Å². The van der Waals surface area contributed by atoms with Crippen LogP contribution < -0.4 is 0 Å². The van der Waals surface area contributed by atoms with Gasteiger partial charge in [-0.25, -0.2) is 0 Å². The third kappa shape index (κ3) is 3.75. The van der Waals surface area contributed by atoms with Gasteiger partial charge in [-0.3, -0.25) is 0 Å². The maximum atomic E-state index is 6.72. The van der Waals surface area contributed by atoms with Crippen LogP contribution in [0, 0.1) is 11.8 Å². The van der Waals surface area contributed by atoms with E-state index in [0.717, 1.165) is 6.42 Å². The summed E-state index contributed by atoms with van der Waals surface area (Å²) >= 11 is -2.57. The van der Waals surface area contributed by atoms with Crippen molar-refractivity contribution in [3.63, 3.8) is 0 Å². The number of rotatable bonds is 3. The van der Waals surface area contributed by atoms with Gasteiger partial charge in [-0.15, -0.1) is 0 Å². The molecule has 0 radical (unpaired) electrons. The molecule has 0 amide bonds. The van der Waals surface area contributed by atoms with E-state index in [1.54, 1.807) is 16.7 Å². The van der Waals surface area contributed by atoms with Crippen LogP contribution in [-0.4, -0.2) is 13.6 Å². The zero-order chi connectivity index (χ0) is 18.3. The van der Waals surface area contributed by atoms with Crippen molar-refractivity contribution in [2.45, 2.75) is 63.2 Å². The predicted molar refractivity (Wildman–Crippen MR) is 112 cm³/mol. The molecule has 0 N–H and O–H groups in total. The molecule has 0 bridgehead atoms. The van der Waals surface area contributed by atoms with Gasteiger partial charge in [0.2, 0.25) is 0 Å². The first-order valence-electron chi connectivity index (χ1n) is 9.48. The van der Waals surface area contributed by atoms with Gasteiger partial charge >= 0.3 is 171 Å². The molecule has 0 aromatic rings. The van der Waals surface area contributed by atoms with Gasteiger partial charge in [-0.05, 0) is 0 Å². The first-order valence-corrected chi connectivity index (χ1v) is 23.0. The third-order valence-corrected chi connectivity index (χ3v) is 15.8. The molecule has 0 nitrogen and oxygen atoms in total. The van der Waals surface area contributed by atoms with Gasteiger partial charge in [-0.1, -0.05) is 0 Å². The van der Waals surface area contributed by atoms with Crippen LogP contribution in [0.1, 0.15) is 46.5 Å². The topological polar surface area (TPSA) is 0 Å². The molecule has 135 valence electrons. The van der Waals surface area contributed by atoms with Crippen molar-refractivity contribution >= 4 is 30.7 Å². The fourth-order valence-electron chi connectivity index (χ4n) is 5.02. The van der Waals surface area contributed by atoms with E-state index in [-0.39, 0.29) is 0 Å². The Bertz CT molecular complexity index is 718. The number of hydrogen-bond acceptors (Lipinski definition) is 0. The number of allylic oxidation sites excluding steroid dienone is 8. The molecule has 3 rings (SSSR count). The molecule has 0 aliphatic heterocycles. The van der Waals surface area contributed by atoms with Crippen LogP contribution in [-0.2, 0) is 19.1 Å². The van der Waals surface area contributed by atoms with Crippen LogP contribution in [0.2, 0.25) is 16.8 Å². The van der Waals surface area contributed by atoms with Gasteiger partial charge in [0.25, 0.3) is 0 Å². The zero-order valence-corrected chi connectivity index (χ0v) is 22.2. The molecule has 3 aliphatic carbocycles. The Morgan fingerprint density at radius 2 is 1.92 bits per heavy atom. The van der Waals surface area contributed by atoms with Crippen LogP contribution in [0.4, 0.5) is 0 Å². The Labute approximate surface area is 170 Å². The Morgan fingerprint density at radius 3 is 2.44 bits per heavy atom. The summed E-state index contributed by atoms with van der Waals surface area (Å²) in [4.78, 5) is 0. The van der Waals surface area contributed by atoms with E-state index in [2.05, 4.69) is 52.1 Å². The van der Waals surface area contributed by atoms with Crippen LogP contribution in [0.5, 0.6) is 0 Å². The van der Waals surface area contributed by atoms with Crippen LogP contribution in [0.25, 0.3) is 0 Å². The molecule has 0 heterocycles. The quantitative estimate of drug-likeness (QED) is 0.322. The number of hydrogen-bond donors (Lipinski definition) is 0. The third-order valence-electron chi connectivity index (χ3n) is 5.99. The Morgan fingerprint density at radius 1 is 1.20 bits per heavy atom. The first kappa shape index (κ1) is 20.2. The summed E-state index contributed by atoms with van der Waals surface area (Å²) in [6.45, 7) is 12.1. The van der Waals surface area contributed by atoms with E-state index in [1.165, 1.54) is 30.4 Å². The van der Waals surface area contributed by atoms with Crippen LogP contribution >= 0.6 is 17.2 Å². The van der Waals surface area contributed by atoms with Crippen molar-refractivity contribution in [1.82, 2.24) is 0 Å². The van der Waals surface area contributed by atoms with E-state index in [0.29, 0.717) is 15.5 Å². The monoisotopic (exact) mass is 559 g/mol. The summed E-state index contributed by atoms with van der Waals surface area (Å²) in [7, 11) is 13.0. The van der Waals surface area contributed by atoms with Crippen molar-refractivity contribution in [1.29, 1.82) is 0 Å².